The van der Waals surface area contributed by atoms with Crippen molar-refractivity contribution >= 4 is 29.1 Å². The molecule has 1 unspecified atom stereocenters. The summed E-state index contributed by atoms with van der Waals surface area (Å²) >= 11 is 5.98. The lowest BCUT2D eigenvalue weighted by molar-refractivity contribution is -0.137. The van der Waals surface area contributed by atoms with Crippen LogP contribution in [0, 0.1) is 5.92 Å². The molecule has 108 valence electrons. The lowest BCUT2D eigenvalue weighted by Crippen LogP contribution is -2.39. The van der Waals surface area contributed by atoms with Crippen molar-refractivity contribution in [1.29, 1.82) is 0 Å². The molecule has 1 fully saturated rings. The van der Waals surface area contributed by atoms with Crippen molar-refractivity contribution in [2.24, 2.45) is 5.92 Å². The van der Waals surface area contributed by atoms with Crippen molar-refractivity contribution in [2.75, 3.05) is 26.0 Å². The van der Waals surface area contributed by atoms with Gasteiger partial charge in [0.05, 0.1) is 24.0 Å². The van der Waals surface area contributed by atoms with E-state index in [0.29, 0.717) is 29.6 Å². The second-order valence-electron chi connectivity index (χ2n) is 4.70. The Morgan fingerprint density at radius 2 is 2.35 bits per heavy atom. The number of aromatic nitrogens is 1. The summed E-state index contributed by atoms with van der Waals surface area (Å²) in [5.74, 6) is -0.186. The molecule has 1 aromatic rings. The van der Waals surface area contributed by atoms with Crippen molar-refractivity contribution in [3.63, 3.8) is 0 Å². The van der Waals surface area contributed by atoms with Crippen LogP contribution in [0.4, 0.5) is 5.69 Å². The van der Waals surface area contributed by atoms with Crippen LogP contribution in [0.5, 0.6) is 5.88 Å². The second-order valence-corrected chi connectivity index (χ2v) is 5.11. The van der Waals surface area contributed by atoms with E-state index < -0.39 is 0 Å². The lowest BCUT2D eigenvalue weighted by Gasteiger charge is -2.28. The lowest BCUT2D eigenvalue weighted by atomic mass is 9.95. The van der Waals surface area contributed by atoms with E-state index >= 15 is 0 Å². The molecule has 0 bridgehead atoms. The molecule has 1 N–H and O–H groups in total. The van der Waals surface area contributed by atoms with Gasteiger partial charge in [0.15, 0.2) is 0 Å². The van der Waals surface area contributed by atoms with Gasteiger partial charge in [-0.05, 0) is 6.42 Å². The molecule has 1 atom stereocenters. The number of ether oxygens (including phenoxy) is 1. The molecule has 0 aliphatic carbocycles. The second kappa shape index (κ2) is 6.09. The summed E-state index contributed by atoms with van der Waals surface area (Å²) < 4.78 is 4.99. The Bertz CT molecular complexity index is 536. The zero-order chi connectivity index (χ0) is 14.7. The van der Waals surface area contributed by atoms with E-state index in [9.17, 15) is 9.59 Å². The summed E-state index contributed by atoms with van der Waals surface area (Å²) in [6, 6.07) is 1.55. The van der Waals surface area contributed by atoms with E-state index in [1.54, 1.807) is 18.0 Å². The van der Waals surface area contributed by atoms with Gasteiger partial charge in [0.1, 0.15) is 0 Å². The third kappa shape index (κ3) is 3.19. The molecule has 1 saturated heterocycles. The largest absolute Gasteiger partial charge is 0.481 e. The molecular weight excluding hydrogens is 282 g/mol. The van der Waals surface area contributed by atoms with E-state index in [-0.39, 0.29) is 24.2 Å². The van der Waals surface area contributed by atoms with Gasteiger partial charge in [-0.25, -0.2) is 4.98 Å². The first-order chi connectivity index (χ1) is 9.51. The van der Waals surface area contributed by atoms with Crippen LogP contribution in [0.2, 0.25) is 5.02 Å². The van der Waals surface area contributed by atoms with Crippen LogP contribution >= 0.6 is 11.6 Å². The van der Waals surface area contributed by atoms with Gasteiger partial charge in [-0.2, -0.15) is 0 Å². The minimum absolute atomic E-state index is 0.0187. The quantitative estimate of drug-likeness (QED) is 0.919. The molecule has 7 heteroatoms. The number of nitrogens with one attached hydrogen (secondary N) is 1. The standard InChI is InChI=1S/C13H16ClN3O3/c1-17-4-3-8(5-12(17)18)13(19)16-10-6-11(20-2)15-7-9(10)14/h6-8H,3-5H2,1-2H3,(H,15,16,19). The van der Waals surface area contributed by atoms with Crippen LogP contribution in [-0.2, 0) is 9.59 Å². The summed E-state index contributed by atoms with van der Waals surface area (Å²) in [5.41, 5.74) is 0.440. The van der Waals surface area contributed by atoms with Gasteiger partial charge in [0.2, 0.25) is 17.7 Å². The number of carbonyl (C=O) groups is 2. The maximum Gasteiger partial charge on any atom is 0.228 e. The maximum absolute atomic E-state index is 12.2. The van der Waals surface area contributed by atoms with Crippen LogP contribution in [0.25, 0.3) is 0 Å². The monoisotopic (exact) mass is 297 g/mol. The number of likely N-dealkylation sites (tertiary alicyclic amines) is 1. The predicted molar refractivity (Wildman–Crippen MR) is 74.8 cm³/mol. The summed E-state index contributed by atoms with van der Waals surface area (Å²) in [6.45, 7) is 0.588. The van der Waals surface area contributed by atoms with Gasteiger partial charge in [0, 0.05) is 32.0 Å². The van der Waals surface area contributed by atoms with Gasteiger partial charge < -0.3 is 15.0 Å². The van der Waals surface area contributed by atoms with Gasteiger partial charge in [-0.1, -0.05) is 11.6 Å². The van der Waals surface area contributed by atoms with Crippen molar-refractivity contribution in [1.82, 2.24) is 9.88 Å². The number of piperidine rings is 1. The van der Waals surface area contributed by atoms with Crippen molar-refractivity contribution in [2.45, 2.75) is 12.8 Å². The van der Waals surface area contributed by atoms with E-state index in [0.717, 1.165) is 0 Å². The zero-order valence-electron chi connectivity index (χ0n) is 11.4. The molecule has 0 aromatic carbocycles. The van der Waals surface area contributed by atoms with Gasteiger partial charge in [-0.15, -0.1) is 0 Å². The number of hydrogen-bond donors (Lipinski definition) is 1. The molecule has 1 aliphatic heterocycles. The van der Waals surface area contributed by atoms with Crippen LogP contribution in [0.1, 0.15) is 12.8 Å². The number of hydrogen-bond acceptors (Lipinski definition) is 4. The minimum Gasteiger partial charge on any atom is -0.481 e. The molecular formula is C13H16ClN3O3. The summed E-state index contributed by atoms with van der Waals surface area (Å²) in [5, 5.41) is 3.06. The smallest absolute Gasteiger partial charge is 0.228 e. The molecule has 0 saturated carbocycles. The number of amides is 2. The molecule has 2 heterocycles. The Kier molecular flexibility index (Phi) is 4.44. The third-order valence-corrected chi connectivity index (χ3v) is 3.63. The van der Waals surface area contributed by atoms with Crippen LogP contribution < -0.4 is 10.1 Å². The van der Waals surface area contributed by atoms with Crippen LogP contribution in [0.15, 0.2) is 12.3 Å². The van der Waals surface area contributed by atoms with Crippen LogP contribution in [-0.4, -0.2) is 42.4 Å². The highest BCUT2D eigenvalue weighted by Crippen LogP contribution is 2.26. The Morgan fingerprint density at radius 3 is 3.00 bits per heavy atom. The predicted octanol–water partition coefficient (Wildman–Crippen LogP) is 1.55. The molecule has 2 rings (SSSR count). The fraction of sp³-hybridized carbons (Fsp3) is 0.462. The molecule has 0 radical (unpaired) electrons. The Balaban J connectivity index is 2.06. The first kappa shape index (κ1) is 14.6. The first-order valence-electron chi connectivity index (χ1n) is 6.25. The number of methoxy groups -OCH3 is 1. The van der Waals surface area contributed by atoms with E-state index in [1.807, 2.05) is 0 Å². The zero-order valence-corrected chi connectivity index (χ0v) is 12.1. The third-order valence-electron chi connectivity index (χ3n) is 3.33. The Hall–Kier alpha value is -1.82. The summed E-state index contributed by atoms with van der Waals surface area (Å²) in [4.78, 5) is 29.4. The maximum atomic E-state index is 12.2. The van der Waals surface area contributed by atoms with Gasteiger partial charge in [0.25, 0.3) is 0 Å². The van der Waals surface area contributed by atoms with E-state index in [4.69, 9.17) is 16.3 Å². The Labute approximate surface area is 122 Å². The molecule has 6 nitrogen and oxygen atoms in total. The summed E-state index contributed by atoms with van der Waals surface area (Å²) in [7, 11) is 3.22. The Morgan fingerprint density at radius 1 is 1.60 bits per heavy atom. The normalized spacial score (nSPS) is 18.9. The fourth-order valence-corrected chi connectivity index (χ4v) is 2.18. The van der Waals surface area contributed by atoms with Crippen molar-refractivity contribution in [3.8, 4) is 5.88 Å². The molecule has 1 aromatic heterocycles. The number of pyridine rings is 1. The number of nitrogens with zero attached hydrogens (tertiary/aromatic N) is 2. The number of carbonyl (C=O) groups excluding carboxylic acids is 2. The molecule has 2 amide bonds. The average molecular weight is 298 g/mol. The van der Waals surface area contributed by atoms with E-state index in [1.165, 1.54) is 13.3 Å². The fourth-order valence-electron chi connectivity index (χ4n) is 2.03. The number of halogens is 1. The van der Waals surface area contributed by atoms with Crippen molar-refractivity contribution in [3.05, 3.63) is 17.3 Å². The SMILES string of the molecule is COc1cc(NC(=O)C2CCN(C)C(=O)C2)c(Cl)cn1. The van der Waals surface area contributed by atoms with E-state index in [2.05, 4.69) is 10.3 Å². The first-order valence-corrected chi connectivity index (χ1v) is 6.63. The topological polar surface area (TPSA) is 71.5 Å². The highest BCUT2D eigenvalue weighted by atomic mass is 35.5. The average Bonchev–Trinajstić information content (AvgIpc) is 2.44. The number of anilines is 1. The van der Waals surface area contributed by atoms with Gasteiger partial charge >= 0.3 is 0 Å². The van der Waals surface area contributed by atoms with Crippen LogP contribution in [0.3, 0.4) is 0 Å². The molecule has 20 heavy (non-hydrogen) atoms. The van der Waals surface area contributed by atoms with Gasteiger partial charge in [-0.3, -0.25) is 9.59 Å². The van der Waals surface area contributed by atoms with Crippen molar-refractivity contribution < 1.29 is 14.3 Å². The minimum atomic E-state index is -0.325. The highest BCUT2D eigenvalue weighted by molar-refractivity contribution is 6.33. The highest BCUT2D eigenvalue weighted by Gasteiger charge is 2.28. The molecule has 0 spiro atoms. The summed E-state index contributed by atoms with van der Waals surface area (Å²) in [6.07, 6.45) is 2.28. The number of rotatable bonds is 3. The molecule has 1 aliphatic rings.